The molecule has 29 heavy (non-hydrogen) atoms. The summed E-state index contributed by atoms with van der Waals surface area (Å²) < 4.78 is 25.2. The van der Waals surface area contributed by atoms with Crippen LogP contribution in [0.4, 0.5) is 4.39 Å². The fourth-order valence-electron chi connectivity index (χ4n) is 2.93. The van der Waals surface area contributed by atoms with Gasteiger partial charge >= 0.3 is 0 Å². The molecule has 0 aliphatic rings. The molecule has 1 unspecified atom stereocenters. The third kappa shape index (κ3) is 6.19. The first kappa shape index (κ1) is 22.7. The number of aliphatic hydroxyl groups is 1. The van der Waals surface area contributed by atoms with Crippen LogP contribution in [0, 0.1) is 5.82 Å². The van der Waals surface area contributed by atoms with Gasteiger partial charge in [0.2, 0.25) is 0 Å². The summed E-state index contributed by atoms with van der Waals surface area (Å²) in [5, 5.41) is 13.5. The molecule has 0 heterocycles. The zero-order valence-electron chi connectivity index (χ0n) is 16.1. The third-order valence-electron chi connectivity index (χ3n) is 4.45. The quantitative estimate of drug-likeness (QED) is 0.551. The molecule has 154 valence electrons. The standard InChI is InChI=1S/C23H24FNO3.ClH/c1-27-22-13-7-11-18(14-25-15-21(26)17-8-3-2-4-9-17)23(22)28-16-19-10-5-6-12-20(19)24;/h2-13,21,25-26H,14-16H2,1H3;1H/p-1. The van der Waals surface area contributed by atoms with E-state index in [0.29, 0.717) is 30.2 Å². The maximum absolute atomic E-state index is 13.9. The highest BCUT2D eigenvalue weighted by atomic mass is 35.5. The molecular formula is C23H24ClFNO3-. The van der Waals surface area contributed by atoms with E-state index in [1.165, 1.54) is 6.07 Å². The molecule has 0 aliphatic carbocycles. The van der Waals surface area contributed by atoms with E-state index in [-0.39, 0.29) is 24.8 Å². The fourth-order valence-corrected chi connectivity index (χ4v) is 2.93. The van der Waals surface area contributed by atoms with E-state index >= 15 is 0 Å². The summed E-state index contributed by atoms with van der Waals surface area (Å²) >= 11 is 0. The van der Waals surface area contributed by atoms with Crippen LogP contribution in [0.5, 0.6) is 11.5 Å². The molecule has 0 radical (unpaired) electrons. The number of para-hydroxylation sites is 1. The maximum atomic E-state index is 13.9. The van der Waals surface area contributed by atoms with Crippen molar-refractivity contribution in [3.05, 3.63) is 95.3 Å². The monoisotopic (exact) mass is 416 g/mol. The minimum Gasteiger partial charge on any atom is -1.00 e. The van der Waals surface area contributed by atoms with Gasteiger partial charge in [-0.05, 0) is 17.7 Å². The van der Waals surface area contributed by atoms with Crippen molar-refractivity contribution in [2.45, 2.75) is 19.3 Å². The maximum Gasteiger partial charge on any atom is 0.166 e. The molecule has 0 saturated carbocycles. The number of hydrogen-bond donors (Lipinski definition) is 2. The lowest BCUT2D eigenvalue weighted by Gasteiger charge is -2.17. The summed E-state index contributed by atoms with van der Waals surface area (Å²) in [4.78, 5) is 0. The molecule has 0 saturated heterocycles. The van der Waals surface area contributed by atoms with E-state index in [4.69, 9.17) is 9.47 Å². The first-order valence-electron chi connectivity index (χ1n) is 9.15. The number of hydrogen-bond acceptors (Lipinski definition) is 4. The number of rotatable bonds is 9. The van der Waals surface area contributed by atoms with Gasteiger partial charge in [0, 0.05) is 24.2 Å². The second-order valence-corrected chi connectivity index (χ2v) is 6.39. The van der Waals surface area contributed by atoms with E-state index in [9.17, 15) is 9.50 Å². The molecule has 1 atom stereocenters. The molecule has 0 bridgehead atoms. The Hall–Kier alpha value is -2.60. The van der Waals surface area contributed by atoms with Crippen LogP contribution in [-0.2, 0) is 13.2 Å². The number of aliphatic hydroxyl groups excluding tert-OH is 1. The van der Waals surface area contributed by atoms with Gasteiger partial charge < -0.3 is 32.3 Å². The van der Waals surface area contributed by atoms with Gasteiger partial charge in [-0.1, -0.05) is 60.7 Å². The van der Waals surface area contributed by atoms with Crippen molar-refractivity contribution in [2.24, 2.45) is 0 Å². The van der Waals surface area contributed by atoms with Crippen LogP contribution < -0.4 is 27.2 Å². The van der Waals surface area contributed by atoms with Crippen LogP contribution in [0.15, 0.2) is 72.8 Å². The molecular weight excluding hydrogens is 393 g/mol. The van der Waals surface area contributed by atoms with Crippen molar-refractivity contribution in [3.8, 4) is 11.5 Å². The van der Waals surface area contributed by atoms with Crippen LogP contribution >= 0.6 is 0 Å². The van der Waals surface area contributed by atoms with E-state index in [2.05, 4.69) is 5.32 Å². The van der Waals surface area contributed by atoms with E-state index in [0.717, 1.165) is 11.1 Å². The predicted molar refractivity (Wildman–Crippen MR) is 107 cm³/mol. The van der Waals surface area contributed by atoms with Crippen molar-refractivity contribution in [1.82, 2.24) is 5.32 Å². The Morgan fingerprint density at radius 3 is 2.34 bits per heavy atom. The molecule has 4 nitrogen and oxygen atoms in total. The molecule has 3 aromatic rings. The highest BCUT2D eigenvalue weighted by Gasteiger charge is 2.13. The lowest BCUT2D eigenvalue weighted by atomic mass is 10.1. The molecule has 2 N–H and O–H groups in total. The van der Waals surface area contributed by atoms with Gasteiger partial charge in [-0.25, -0.2) is 4.39 Å². The summed E-state index contributed by atoms with van der Waals surface area (Å²) in [5.41, 5.74) is 2.21. The zero-order valence-corrected chi connectivity index (χ0v) is 16.9. The Labute approximate surface area is 176 Å². The van der Waals surface area contributed by atoms with Gasteiger partial charge in [-0.2, -0.15) is 0 Å². The zero-order chi connectivity index (χ0) is 19.8. The van der Waals surface area contributed by atoms with E-state index in [1.807, 2.05) is 42.5 Å². The van der Waals surface area contributed by atoms with Crippen LogP contribution in [0.1, 0.15) is 22.8 Å². The summed E-state index contributed by atoms with van der Waals surface area (Å²) in [6, 6.07) is 21.6. The van der Waals surface area contributed by atoms with Crippen molar-refractivity contribution >= 4 is 0 Å². The van der Waals surface area contributed by atoms with Crippen molar-refractivity contribution in [3.63, 3.8) is 0 Å². The molecule has 0 amide bonds. The van der Waals surface area contributed by atoms with Crippen LogP contribution in [0.2, 0.25) is 0 Å². The number of benzene rings is 3. The summed E-state index contributed by atoms with van der Waals surface area (Å²) in [5.74, 6) is 0.845. The Bertz CT molecular complexity index is 892. The molecule has 0 aromatic heterocycles. The molecule has 6 heteroatoms. The average molecular weight is 417 g/mol. The second-order valence-electron chi connectivity index (χ2n) is 6.39. The molecule has 0 fully saturated rings. The Morgan fingerprint density at radius 2 is 1.62 bits per heavy atom. The Balaban J connectivity index is 0.00000300. The van der Waals surface area contributed by atoms with E-state index in [1.54, 1.807) is 31.4 Å². The largest absolute Gasteiger partial charge is 1.00 e. The minimum atomic E-state index is -0.602. The van der Waals surface area contributed by atoms with Crippen molar-refractivity contribution in [1.29, 1.82) is 0 Å². The number of ether oxygens (including phenoxy) is 2. The first-order valence-corrected chi connectivity index (χ1v) is 9.15. The van der Waals surface area contributed by atoms with Gasteiger partial charge in [0.15, 0.2) is 11.5 Å². The summed E-state index contributed by atoms with van der Waals surface area (Å²) in [6.07, 6.45) is -0.602. The van der Waals surface area contributed by atoms with Crippen LogP contribution in [0.25, 0.3) is 0 Å². The highest BCUT2D eigenvalue weighted by Crippen LogP contribution is 2.32. The summed E-state index contributed by atoms with van der Waals surface area (Å²) in [7, 11) is 1.57. The molecule has 3 rings (SSSR count). The van der Waals surface area contributed by atoms with Gasteiger partial charge in [0.25, 0.3) is 0 Å². The first-order chi connectivity index (χ1) is 13.7. The molecule has 0 spiro atoms. The summed E-state index contributed by atoms with van der Waals surface area (Å²) in [6.45, 7) is 0.981. The van der Waals surface area contributed by atoms with E-state index < -0.39 is 6.10 Å². The normalized spacial score (nSPS) is 11.4. The van der Waals surface area contributed by atoms with Gasteiger partial charge in [-0.15, -0.1) is 0 Å². The lowest BCUT2D eigenvalue weighted by molar-refractivity contribution is -0.00000847. The minimum absolute atomic E-state index is 0. The lowest BCUT2D eigenvalue weighted by Crippen LogP contribution is -3.00. The second kappa shape index (κ2) is 11.4. The Kier molecular flexibility index (Phi) is 8.93. The molecule has 3 aromatic carbocycles. The molecule has 0 aliphatic heterocycles. The predicted octanol–water partition coefficient (Wildman–Crippen LogP) is 1.24. The SMILES string of the molecule is COc1cccc(CNCC(O)c2ccccc2)c1OCc1ccccc1F.[Cl-]. The fraction of sp³-hybridized carbons (Fsp3) is 0.217. The van der Waals surface area contributed by atoms with Gasteiger partial charge in [0.1, 0.15) is 12.4 Å². The number of halogens is 2. The van der Waals surface area contributed by atoms with Crippen molar-refractivity contribution < 1.29 is 31.4 Å². The number of methoxy groups -OCH3 is 1. The van der Waals surface area contributed by atoms with Crippen LogP contribution in [0.3, 0.4) is 0 Å². The average Bonchev–Trinajstić information content (AvgIpc) is 2.74. The van der Waals surface area contributed by atoms with Crippen molar-refractivity contribution in [2.75, 3.05) is 13.7 Å². The Morgan fingerprint density at radius 1 is 0.931 bits per heavy atom. The smallest absolute Gasteiger partial charge is 0.166 e. The number of nitrogens with one attached hydrogen (secondary N) is 1. The van der Waals surface area contributed by atoms with Crippen LogP contribution in [-0.4, -0.2) is 18.8 Å². The third-order valence-corrected chi connectivity index (χ3v) is 4.45. The van der Waals surface area contributed by atoms with Gasteiger partial charge in [-0.3, -0.25) is 0 Å². The topological polar surface area (TPSA) is 50.7 Å². The highest BCUT2D eigenvalue weighted by molar-refractivity contribution is 5.46. The van der Waals surface area contributed by atoms with Gasteiger partial charge in [0.05, 0.1) is 13.2 Å².